The van der Waals surface area contributed by atoms with E-state index in [1.54, 1.807) is 33.1 Å². The van der Waals surface area contributed by atoms with Crippen molar-refractivity contribution in [2.75, 3.05) is 20.3 Å². The van der Waals surface area contributed by atoms with Crippen LogP contribution in [0.25, 0.3) is 0 Å². The molecular formula is C16H19N3O4S. The van der Waals surface area contributed by atoms with Gasteiger partial charge < -0.3 is 9.47 Å². The first-order valence-electron chi connectivity index (χ1n) is 7.18. The van der Waals surface area contributed by atoms with E-state index in [2.05, 4.69) is 26.8 Å². The van der Waals surface area contributed by atoms with Gasteiger partial charge in [0.05, 0.1) is 25.0 Å². The first-order chi connectivity index (χ1) is 11.5. The molecule has 0 fully saturated rings. The number of nitrogens with one attached hydrogen (secondary N) is 2. The monoisotopic (exact) mass is 349 g/mol. The van der Waals surface area contributed by atoms with Crippen LogP contribution in [0.1, 0.15) is 11.4 Å². The Kier molecular flexibility index (Phi) is 5.84. The first-order valence-corrected chi connectivity index (χ1v) is 8.67. The molecule has 0 saturated heterocycles. The third-order valence-electron chi connectivity index (χ3n) is 3.17. The maximum absolute atomic E-state index is 12.2. The van der Waals surface area contributed by atoms with Gasteiger partial charge in [-0.05, 0) is 26.0 Å². The van der Waals surface area contributed by atoms with E-state index in [1.807, 2.05) is 12.1 Å². The molecule has 0 amide bonds. The predicted molar refractivity (Wildman–Crippen MR) is 89.5 cm³/mol. The molecule has 0 atom stereocenters. The molecule has 0 radical (unpaired) electrons. The van der Waals surface area contributed by atoms with E-state index in [1.165, 1.54) is 0 Å². The number of para-hydroxylation sites is 2. The Balaban J connectivity index is 1.88. The Hall–Kier alpha value is -2.50. The smallest absolute Gasteiger partial charge is 0.245 e. The molecule has 0 unspecified atom stereocenters. The molecular weight excluding hydrogens is 330 g/mol. The number of nitrogens with zero attached hydrogens (tertiary/aromatic N) is 1. The number of aryl methyl sites for hydroxylation is 2. The van der Waals surface area contributed by atoms with Crippen molar-refractivity contribution in [3.05, 3.63) is 35.7 Å². The van der Waals surface area contributed by atoms with Gasteiger partial charge in [0.25, 0.3) is 0 Å². The van der Waals surface area contributed by atoms with Crippen molar-refractivity contribution < 1.29 is 17.9 Å². The van der Waals surface area contributed by atoms with Gasteiger partial charge in [0, 0.05) is 0 Å². The summed E-state index contributed by atoms with van der Waals surface area (Å²) in [5, 5.41) is 6.52. The average molecular weight is 349 g/mol. The highest BCUT2D eigenvalue weighted by atomic mass is 32.2. The van der Waals surface area contributed by atoms with Gasteiger partial charge >= 0.3 is 0 Å². The van der Waals surface area contributed by atoms with Crippen LogP contribution in [0.3, 0.4) is 0 Å². The van der Waals surface area contributed by atoms with Gasteiger partial charge in [-0.15, -0.1) is 0 Å². The van der Waals surface area contributed by atoms with Crippen LogP contribution in [0.15, 0.2) is 29.2 Å². The van der Waals surface area contributed by atoms with Crippen LogP contribution >= 0.6 is 0 Å². The molecule has 0 aliphatic carbocycles. The van der Waals surface area contributed by atoms with E-state index in [0.29, 0.717) is 22.9 Å². The Morgan fingerprint density at radius 1 is 1.21 bits per heavy atom. The summed E-state index contributed by atoms with van der Waals surface area (Å²) < 4.78 is 37.4. The van der Waals surface area contributed by atoms with Crippen molar-refractivity contribution in [2.24, 2.45) is 0 Å². The molecule has 0 bridgehead atoms. The molecule has 24 heavy (non-hydrogen) atoms. The number of aromatic nitrogens is 2. The summed E-state index contributed by atoms with van der Waals surface area (Å²) in [7, 11) is -2.08. The highest BCUT2D eigenvalue weighted by Crippen LogP contribution is 2.25. The van der Waals surface area contributed by atoms with Gasteiger partial charge in [0.1, 0.15) is 11.5 Å². The summed E-state index contributed by atoms with van der Waals surface area (Å²) >= 11 is 0. The Morgan fingerprint density at radius 3 is 2.54 bits per heavy atom. The quantitative estimate of drug-likeness (QED) is 0.769. The average Bonchev–Trinajstić information content (AvgIpc) is 2.90. The van der Waals surface area contributed by atoms with Crippen LogP contribution in [0, 0.1) is 25.7 Å². The van der Waals surface area contributed by atoms with Crippen molar-refractivity contribution >= 4 is 10.0 Å². The molecule has 1 aromatic carbocycles. The summed E-state index contributed by atoms with van der Waals surface area (Å²) in [4.78, 5) is 0.162. The molecule has 8 heteroatoms. The number of methoxy groups -OCH3 is 1. The number of aromatic amines is 1. The standard InChI is InChI=1S/C16H19N3O4S/c1-12-16(13(2)19-18-12)24(20,21)17-10-6-7-11-23-15-9-5-4-8-14(15)22-3/h4-5,8-9,17H,10-11H2,1-3H3,(H,18,19). The predicted octanol–water partition coefficient (Wildman–Crippen LogP) is 1.40. The SMILES string of the molecule is COc1ccccc1OCC#CCNS(=O)(=O)c1c(C)n[nH]c1C. The molecule has 1 aromatic heterocycles. The summed E-state index contributed by atoms with van der Waals surface area (Å²) in [6.45, 7) is 3.40. The van der Waals surface area contributed by atoms with Crippen molar-refractivity contribution in [2.45, 2.75) is 18.7 Å². The summed E-state index contributed by atoms with van der Waals surface area (Å²) in [6, 6.07) is 7.22. The minimum absolute atomic E-state index is 0.0122. The number of hydrogen-bond donors (Lipinski definition) is 2. The van der Waals surface area contributed by atoms with Gasteiger partial charge in [-0.3, -0.25) is 5.10 Å². The van der Waals surface area contributed by atoms with Crippen molar-refractivity contribution in [3.63, 3.8) is 0 Å². The second kappa shape index (κ2) is 7.86. The topological polar surface area (TPSA) is 93.3 Å². The van der Waals surface area contributed by atoms with E-state index in [4.69, 9.17) is 9.47 Å². The van der Waals surface area contributed by atoms with Crippen molar-refractivity contribution in [3.8, 4) is 23.3 Å². The molecule has 0 saturated carbocycles. The summed E-state index contributed by atoms with van der Waals surface area (Å²) in [6.07, 6.45) is 0. The lowest BCUT2D eigenvalue weighted by Crippen LogP contribution is -2.25. The molecule has 1 heterocycles. The molecule has 2 N–H and O–H groups in total. The molecule has 2 aromatic rings. The van der Waals surface area contributed by atoms with Gasteiger partial charge in [0.15, 0.2) is 11.5 Å². The zero-order valence-corrected chi connectivity index (χ0v) is 14.5. The van der Waals surface area contributed by atoms with Gasteiger partial charge in [-0.2, -0.15) is 9.82 Å². The van der Waals surface area contributed by atoms with Crippen molar-refractivity contribution in [1.29, 1.82) is 0 Å². The Bertz CT molecular complexity index is 843. The Morgan fingerprint density at radius 2 is 1.92 bits per heavy atom. The lowest BCUT2D eigenvalue weighted by molar-refractivity contribution is 0.331. The third kappa shape index (κ3) is 4.28. The first kappa shape index (κ1) is 17.8. The molecule has 2 rings (SSSR count). The number of hydrogen-bond acceptors (Lipinski definition) is 5. The highest BCUT2D eigenvalue weighted by molar-refractivity contribution is 7.89. The number of ether oxygens (including phenoxy) is 2. The second-order valence-electron chi connectivity index (χ2n) is 4.88. The van der Waals surface area contributed by atoms with Crippen LogP contribution in [0.5, 0.6) is 11.5 Å². The van der Waals surface area contributed by atoms with Crippen LogP contribution in [0.4, 0.5) is 0 Å². The molecule has 7 nitrogen and oxygen atoms in total. The van der Waals surface area contributed by atoms with Crippen LogP contribution in [-0.4, -0.2) is 38.9 Å². The van der Waals surface area contributed by atoms with E-state index in [-0.39, 0.29) is 18.0 Å². The third-order valence-corrected chi connectivity index (χ3v) is 4.84. The number of rotatable bonds is 6. The van der Waals surface area contributed by atoms with E-state index in [0.717, 1.165) is 0 Å². The largest absolute Gasteiger partial charge is 0.493 e. The van der Waals surface area contributed by atoms with Gasteiger partial charge in [0.2, 0.25) is 10.0 Å². The lowest BCUT2D eigenvalue weighted by Gasteiger charge is -2.07. The maximum atomic E-state index is 12.2. The van der Waals surface area contributed by atoms with Crippen LogP contribution in [-0.2, 0) is 10.0 Å². The number of sulfonamides is 1. The summed E-state index contributed by atoms with van der Waals surface area (Å²) in [5.41, 5.74) is 0.917. The van der Waals surface area contributed by atoms with Crippen molar-refractivity contribution in [1.82, 2.24) is 14.9 Å². The fourth-order valence-electron chi connectivity index (χ4n) is 2.11. The molecule has 0 aliphatic rings. The normalized spacial score (nSPS) is 10.8. The van der Waals surface area contributed by atoms with Gasteiger partial charge in [-0.1, -0.05) is 24.0 Å². The molecule has 128 valence electrons. The zero-order chi connectivity index (χ0) is 17.6. The molecule has 0 aliphatic heterocycles. The van der Waals surface area contributed by atoms with Gasteiger partial charge in [-0.25, -0.2) is 8.42 Å². The Labute approximate surface area is 141 Å². The minimum Gasteiger partial charge on any atom is -0.493 e. The van der Waals surface area contributed by atoms with Crippen LogP contribution in [0.2, 0.25) is 0 Å². The second-order valence-corrected chi connectivity index (χ2v) is 6.58. The fraction of sp³-hybridized carbons (Fsp3) is 0.312. The van der Waals surface area contributed by atoms with E-state index < -0.39 is 10.0 Å². The van der Waals surface area contributed by atoms with E-state index >= 15 is 0 Å². The zero-order valence-electron chi connectivity index (χ0n) is 13.7. The van der Waals surface area contributed by atoms with Crippen LogP contribution < -0.4 is 14.2 Å². The minimum atomic E-state index is -3.64. The highest BCUT2D eigenvalue weighted by Gasteiger charge is 2.21. The molecule has 0 spiro atoms. The number of benzene rings is 1. The summed E-state index contributed by atoms with van der Waals surface area (Å²) in [5.74, 6) is 6.67. The fourth-order valence-corrected chi connectivity index (χ4v) is 3.40. The maximum Gasteiger partial charge on any atom is 0.245 e. The lowest BCUT2D eigenvalue weighted by atomic mass is 10.3. The van der Waals surface area contributed by atoms with E-state index in [9.17, 15) is 8.42 Å². The number of H-pyrrole nitrogens is 1.